The molecule has 7 heteroatoms. The van der Waals surface area contributed by atoms with Crippen LogP contribution in [0.15, 0.2) is 54.1 Å². The highest BCUT2D eigenvalue weighted by Gasteiger charge is 2.22. The molecular formula is C25H27N3O4. The van der Waals surface area contributed by atoms with Gasteiger partial charge in [-0.1, -0.05) is 19.1 Å². The van der Waals surface area contributed by atoms with Crippen molar-refractivity contribution < 1.29 is 19.1 Å². The monoisotopic (exact) mass is 433 g/mol. The molecule has 0 aliphatic rings. The fourth-order valence-corrected chi connectivity index (χ4v) is 2.85. The molecule has 1 amide bonds. The van der Waals surface area contributed by atoms with Gasteiger partial charge in [-0.25, -0.2) is 4.79 Å². The van der Waals surface area contributed by atoms with Crippen LogP contribution in [-0.2, 0) is 14.3 Å². The molecule has 1 atom stereocenters. The number of ether oxygens (including phenoxy) is 1. The third kappa shape index (κ3) is 6.81. The second-order valence-corrected chi connectivity index (χ2v) is 7.44. The maximum Gasteiger partial charge on any atom is 0.349 e. The minimum Gasteiger partial charge on any atom is -0.450 e. The summed E-state index contributed by atoms with van der Waals surface area (Å²) in [5.74, 6) is -1.37. The Morgan fingerprint density at radius 1 is 1.09 bits per heavy atom. The highest BCUT2D eigenvalue weighted by atomic mass is 16.5. The Morgan fingerprint density at radius 3 is 2.25 bits per heavy atom. The molecule has 0 aromatic heterocycles. The molecule has 0 spiro atoms. The van der Waals surface area contributed by atoms with Crippen LogP contribution in [0.3, 0.4) is 0 Å². The minimum atomic E-state index is -1.07. The van der Waals surface area contributed by atoms with E-state index < -0.39 is 17.9 Å². The average molecular weight is 434 g/mol. The SMILES string of the molecule is CCCC(=O)Nc1ccc(C(=O)C(C)OC(=O)/C(C#N)=C/c2ccc(N(C)C)cc2)cc1. The van der Waals surface area contributed by atoms with E-state index >= 15 is 0 Å². The molecule has 0 fully saturated rings. The summed E-state index contributed by atoms with van der Waals surface area (Å²) in [7, 11) is 3.83. The van der Waals surface area contributed by atoms with E-state index in [4.69, 9.17) is 4.74 Å². The Kier molecular flexibility index (Phi) is 8.72. The molecule has 0 aliphatic heterocycles. The number of carbonyl (C=O) groups excluding carboxylic acids is 3. The number of nitrogens with one attached hydrogen (secondary N) is 1. The normalized spacial score (nSPS) is 11.8. The molecule has 0 radical (unpaired) electrons. The summed E-state index contributed by atoms with van der Waals surface area (Å²) < 4.78 is 5.22. The van der Waals surface area contributed by atoms with E-state index in [1.807, 2.05) is 44.1 Å². The van der Waals surface area contributed by atoms with Gasteiger partial charge in [0.1, 0.15) is 11.6 Å². The molecule has 7 nitrogen and oxygen atoms in total. The van der Waals surface area contributed by atoms with Crippen LogP contribution in [0.1, 0.15) is 42.6 Å². The zero-order valence-electron chi connectivity index (χ0n) is 18.7. The van der Waals surface area contributed by atoms with Gasteiger partial charge in [-0.15, -0.1) is 0 Å². The van der Waals surface area contributed by atoms with Gasteiger partial charge < -0.3 is 15.0 Å². The van der Waals surface area contributed by atoms with Gasteiger partial charge in [0.25, 0.3) is 0 Å². The van der Waals surface area contributed by atoms with Gasteiger partial charge in [-0.05, 0) is 61.4 Å². The van der Waals surface area contributed by atoms with Crippen LogP contribution in [0, 0.1) is 11.3 Å². The van der Waals surface area contributed by atoms with Crippen molar-refractivity contribution in [3.05, 3.63) is 65.2 Å². The molecule has 0 bridgehead atoms. The summed E-state index contributed by atoms with van der Waals surface area (Å²) in [5.41, 5.74) is 2.37. The molecule has 2 aromatic rings. The number of amides is 1. The van der Waals surface area contributed by atoms with Gasteiger partial charge in [-0.2, -0.15) is 5.26 Å². The van der Waals surface area contributed by atoms with Gasteiger partial charge in [0.2, 0.25) is 11.7 Å². The van der Waals surface area contributed by atoms with E-state index in [1.54, 1.807) is 36.4 Å². The van der Waals surface area contributed by atoms with E-state index in [9.17, 15) is 19.6 Å². The number of nitriles is 1. The predicted molar refractivity (Wildman–Crippen MR) is 124 cm³/mol. The maximum atomic E-state index is 12.6. The topological polar surface area (TPSA) is 99.5 Å². The molecule has 32 heavy (non-hydrogen) atoms. The van der Waals surface area contributed by atoms with Crippen LogP contribution in [0.2, 0.25) is 0 Å². The molecule has 1 unspecified atom stereocenters. The lowest BCUT2D eigenvalue weighted by molar-refractivity contribution is -0.141. The third-order valence-corrected chi connectivity index (χ3v) is 4.64. The zero-order valence-corrected chi connectivity index (χ0v) is 18.7. The lowest BCUT2D eigenvalue weighted by atomic mass is 10.1. The summed E-state index contributed by atoms with van der Waals surface area (Å²) in [6.45, 7) is 3.37. The lowest BCUT2D eigenvalue weighted by Crippen LogP contribution is -2.25. The van der Waals surface area contributed by atoms with Crippen molar-refractivity contribution >= 4 is 35.1 Å². The molecule has 166 valence electrons. The second-order valence-electron chi connectivity index (χ2n) is 7.44. The number of hydrogen-bond donors (Lipinski definition) is 1. The van der Waals surface area contributed by atoms with Crippen LogP contribution < -0.4 is 10.2 Å². The first-order valence-electron chi connectivity index (χ1n) is 10.3. The highest BCUT2D eigenvalue weighted by molar-refractivity contribution is 6.03. The largest absolute Gasteiger partial charge is 0.450 e. The fourth-order valence-electron chi connectivity index (χ4n) is 2.85. The first kappa shape index (κ1) is 24.4. The van der Waals surface area contributed by atoms with E-state index in [-0.39, 0.29) is 11.5 Å². The standard InChI is InChI=1S/C25H27N3O4/c1-5-6-23(29)27-21-11-9-19(10-12-21)24(30)17(2)32-25(31)20(16-26)15-18-7-13-22(14-8-18)28(3)4/h7-15,17H,5-6H2,1-4H3,(H,27,29)/b20-15+. The first-order valence-corrected chi connectivity index (χ1v) is 10.3. The Hall–Kier alpha value is -3.92. The summed E-state index contributed by atoms with van der Waals surface area (Å²) in [6, 6.07) is 15.5. The number of rotatable bonds is 9. The Labute approximate surface area is 188 Å². The average Bonchev–Trinajstić information content (AvgIpc) is 2.77. The number of benzene rings is 2. The summed E-state index contributed by atoms with van der Waals surface area (Å²) in [6.07, 6.45) is 1.51. The number of ketones is 1. The van der Waals surface area contributed by atoms with Crippen molar-refractivity contribution in [1.29, 1.82) is 5.26 Å². The van der Waals surface area contributed by atoms with Crippen LogP contribution in [0.25, 0.3) is 6.08 Å². The van der Waals surface area contributed by atoms with E-state index in [1.165, 1.54) is 13.0 Å². The molecule has 2 aromatic carbocycles. The Bertz CT molecular complexity index is 1030. The molecule has 0 aliphatic carbocycles. The van der Waals surface area contributed by atoms with E-state index in [0.29, 0.717) is 23.2 Å². The Morgan fingerprint density at radius 2 is 1.72 bits per heavy atom. The number of esters is 1. The Balaban J connectivity index is 2.04. The van der Waals surface area contributed by atoms with Crippen molar-refractivity contribution in [2.75, 3.05) is 24.3 Å². The van der Waals surface area contributed by atoms with Crippen molar-refractivity contribution in [3.8, 4) is 6.07 Å². The molecular weight excluding hydrogens is 406 g/mol. The number of anilines is 2. The van der Waals surface area contributed by atoms with Gasteiger partial charge >= 0.3 is 5.97 Å². The number of Topliss-reactive ketones (excluding diaryl/α,β-unsaturated/α-hetero) is 1. The van der Waals surface area contributed by atoms with Crippen molar-refractivity contribution in [1.82, 2.24) is 0 Å². The number of carbonyl (C=O) groups is 3. The number of nitrogens with zero attached hydrogens (tertiary/aromatic N) is 2. The summed E-state index contributed by atoms with van der Waals surface area (Å²) >= 11 is 0. The van der Waals surface area contributed by atoms with Crippen LogP contribution >= 0.6 is 0 Å². The quantitative estimate of drug-likeness (QED) is 0.275. The minimum absolute atomic E-state index is 0.0963. The van der Waals surface area contributed by atoms with Gasteiger partial charge in [0.05, 0.1) is 0 Å². The maximum absolute atomic E-state index is 12.6. The van der Waals surface area contributed by atoms with Crippen LogP contribution in [0.5, 0.6) is 0 Å². The molecule has 0 heterocycles. The molecule has 0 saturated carbocycles. The van der Waals surface area contributed by atoms with Gasteiger partial charge in [0, 0.05) is 37.5 Å². The second kappa shape index (κ2) is 11.5. The molecule has 0 saturated heterocycles. The predicted octanol–water partition coefficient (Wildman–Crippen LogP) is 4.21. The molecule has 2 rings (SSSR count). The van der Waals surface area contributed by atoms with Crippen molar-refractivity contribution in [2.45, 2.75) is 32.8 Å². The van der Waals surface area contributed by atoms with Crippen molar-refractivity contribution in [3.63, 3.8) is 0 Å². The van der Waals surface area contributed by atoms with E-state index in [2.05, 4.69) is 5.32 Å². The van der Waals surface area contributed by atoms with Gasteiger partial charge in [-0.3, -0.25) is 9.59 Å². The summed E-state index contributed by atoms with van der Waals surface area (Å²) in [5, 5.41) is 12.1. The number of hydrogen-bond acceptors (Lipinski definition) is 6. The lowest BCUT2D eigenvalue weighted by Gasteiger charge is -2.13. The van der Waals surface area contributed by atoms with Crippen LogP contribution in [-0.4, -0.2) is 37.9 Å². The third-order valence-electron chi connectivity index (χ3n) is 4.64. The first-order chi connectivity index (χ1) is 15.2. The highest BCUT2D eigenvalue weighted by Crippen LogP contribution is 2.17. The van der Waals surface area contributed by atoms with Crippen molar-refractivity contribution in [2.24, 2.45) is 0 Å². The zero-order chi connectivity index (χ0) is 23.7. The fraction of sp³-hybridized carbons (Fsp3) is 0.280. The van der Waals surface area contributed by atoms with Gasteiger partial charge in [0.15, 0.2) is 6.10 Å². The summed E-state index contributed by atoms with van der Waals surface area (Å²) in [4.78, 5) is 38.6. The smallest absolute Gasteiger partial charge is 0.349 e. The van der Waals surface area contributed by atoms with E-state index in [0.717, 1.165) is 12.1 Å². The molecule has 1 N–H and O–H groups in total. The van der Waals surface area contributed by atoms with Crippen LogP contribution in [0.4, 0.5) is 11.4 Å².